The molecular weight excluding hydrogens is 382 g/mol. The molecule has 30 heavy (non-hydrogen) atoms. The second-order valence-electron chi connectivity index (χ2n) is 7.44. The Morgan fingerprint density at radius 3 is 2.07 bits per heavy atom. The van der Waals surface area contributed by atoms with Crippen LogP contribution in [0.3, 0.4) is 0 Å². The molecular formula is C23H27N3O4. The van der Waals surface area contributed by atoms with Crippen molar-refractivity contribution in [2.45, 2.75) is 19.4 Å². The van der Waals surface area contributed by atoms with Crippen LogP contribution in [0.1, 0.15) is 13.3 Å². The van der Waals surface area contributed by atoms with Crippen molar-refractivity contribution in [1.29, 1.82) is 0 Å². The Morgan fingerprint density at radius 2 is 1.47 bits per heavy atom. The van der Waals surface area contributed by atoms with Gasteiger partial charge in [0.15, 0.2) is 0 Å². The molecule has 1 atom stereocenters. The fourth-order valence-corrected chi connectivity index (χ4v) is 4.12. The van der Waals surface area contributed by atoms with Crippen LogP contribution < -0.4 is 19.3 Å². The Hall–Kier alpha value is -3.06. The first kappa shape index (κ1) is 20.2. The number of amides is 2. The van der Waals surface area contributed by atoms with Gasteiger partial charge in [0.2, 0.25) is 5.91 Å². The van der Waals surface area contributed by atoms with Gasteiger partial charge in [-0.05, 0) is 55.5 Å². The molecule has 0 aliphatic carbocycles. The highest BCUT2D eigenvalue weighted by Gasteiger charge is 2.43. The van der Waals surface area contributed by atoms with E-state index in [0.717, 1.165) is 43.4 Å². The molecule has 2 aliphatic rings. The zero-order valence-corrected chi connectivity index (χ0v) is 17.4. The van der Waals surface area contributed by atoms with Crippen molar-refractivity contribution in [2.24, 2.45) is 0 Å². The zero-order valence-electron chi connectivity index (χ0n) is 17.4. The lowest BCUT2D eigenvalue weighted by molar-refractivity contribution is -0.123. The van der Waals surface area contributed by atoms with Crippen LogP contribution in [0.15, 0.2) is 48.5 Å². The number of rotatable bonds is 6. The minimum absolute atomic E-state index is 0.137. The van der Waals surface area contributed by atoms with Crippen molar-refractivity contribution < 1.29 is 19.1 Å². The summed E-state index contributed by atoms with van der Waals surface area (Å²) in [7, 11) is 1.66. The molecule has 4 rings (SSSR count). The number of carbonyl (C=O) groups excluding carboxylic acids is 2. The molecule has 0 aromatic heterocycles. The van der Waals surface area contributed by atoms with Crippen LogP contribution in [-0.2, 0) is 9.59 Å². The van der Waals surface area contributed by atoms with Gasteiger partial charge < -0.3 is 14.4 Å². The fourth-order valence-electron chi connectivity index (χ4n) is 4.12. The largest absolute Gasteiger partial charge is 0.497 e. The van der Waals surface area contributed by atoms with E-state index in [1.807, 2.05) is 31.2 Å². The van der Waals surface area contributed by atoms with Crippen LogP contribution in [0.4, 0.5) is 11.4 Å². The van der Waals surface area contributed by atoms with Crippen molar-refractivity contribution in [3.05, 3.63) is 48.5 Å². The summed E-state index contributed by atoms with van der Waals surface area (Å²) < 4.78 is 10.7. The Morgan fingerprint density at radius 1 is 0.867 bits per heavy atom. The molecule has 2 amide bonds. The summed E-state index contributed by atoms with van der Waals surface area (Å²) in [5.41, 5.74) is 1.74. The number of nitrogens with zero attached hydrogens (tertiary/aromatic N) is 3. The monoisotopic (exact) mass is 409 g/mol. The molecule has 158 valence electrons. The van der Waals surface area contributed by atoms with Gasteiger partial charge in [-0.15, -0.1) is 0 Å². The van der Waals surface area contributed by atoms with E-state index in [2.05, 4.69) is 9.80 Å². The van der Waals surface area contributed by atoms with E-state index in [4.69, 9.17) is 9.47 Å². The third kappa shape index (κ3) is 3.98. The lowest BCUT2D eigenvalue weighted by Crippen LogP contribution is -2.52. The third-order valence-corrected chi connectivity index (χ3v) is 5.72. The van der Waals surface area contributed by atoms with Gasteiger partial charge in [-0.3, -0.25) is 14.5 Å². The van der Waals surface area contributed by atoms with Crippen LogP contribution in [0, 0.1) is 0 Å². The molecule has 7 heteroatoms. The van der Waals surface area contributed by atoms with Gasteiger partial charge in [0, 0.05) is 31.9 Å². The Bertz CT molecular complexity index is 890. The number of anilines is 2. The standard InChI is InChI=1S/C23H27N3O4/c1-3-30-20-10-6-18(7-11-20)26-22(27)16-21(23(26)28)25-14-12-24(13-15-25)17-4-8-19(29-2)9-5-17/h4-11,21H,3,12-16H2,1-2H3/t21-/m0/s1. The minimum atomic E-state index is -0.387. The molecule has 0 radical (unpaired) electrons. The highest BCUT2D eigenvalue weighted by molar-refractivity contribution is 6.22. The van der Waals surface area contributed by atoms with E-state index in [9.17, 15) is 9.59 Å². The van der Waals surface area contributed by atoms with Gasteiger partial charge >= 0.3 is 0 Å². The average Bonchev–Trinajstić information content (AvgIpc) is 3.09. The van der Waals surface area contributed by atoms with E-state index in [1.165, 1.54) is 4.90 Å². The van der Waals surface area contributed by atoms with Crippen LogP contribution in [0.25, 0.3) is 0 Å². The SMILES string of the molecule is CCOc1ccc(N2C(=O)C[C@H](N3CCN(c4ccc(OC)cc4)CC3)C2=O)cc1. The summed E-state index contributed by atoms with van der Waals surface area (Å²) in [6.07, 6.45) is 0.231. The predicted octanol–water partition coefficient (Wildman–Crippen LogP) is 2.55. The van der Waals surface area contributed by atoms with Crippen molar-refractivity contribution >= 4 is 23.2 Å². The number of carbonyl (C=O) groups is 2. The van der Waals surface area contributed by atoms with E-state index < -0.39 is 0 Å². The topological polar surface area (TPSA) is 62.3 Å². The fraction of sp³-hybridized carbons (Fsp3) is 0.391. The molecule has 2 aromatic rings. The van der Waals surface area contributed by atoms with Gasteiger partial charge in [-0.1, -0.05) is 0 Å². The van der Waals surface area contributed by atoms with Crippen LogP contribution >= 0.6 is 0 Å². The molecule has 0 N–H and O–H groups in total. The van der Waals surface area contributed by atoms with Crippen molar-refractivity contribution in [3.8, 4) is 11.5 Å². The number of methoxy groups -OCH3 is 1. The van der Waals surface area contributed by atoms with Crippen LogP contribution in [-0.4, -0.2) is 62.7 Å². The van der Waals surface area contributed by atoms with E-state index >= 15 is 0 Å². The summed E-state index contributed by atoms with van der Waals surface area (Å²) in [6, 6.07) is 14.7. The van der Waals surface area contributed by atoms with Gasteiger partial charge in [0.05, 0.1) is 31.9 Å². The summed E-state index contributed by atoms with van der Waals surface area (Å²) in [5.74, 6) is 1.28. The summed E-state index contributed by atoms with van der Waals surface area (Å²) >= 11 is 0. The molecule has 0 spiro atoms. The zero-order chi connectivity index (χ0) is 21.1. The van der Waals surface area contributed by atoms with E-state index in [0.29, 0.717) is 12.3 Å². The van der Waals surface area contributed by atoms with E-state index in [-0.39, 0.29) is 24.3 Å². The second kappa shape index (κ2) is 8.75. The maximum atomic E-state index is 13.1. The number of hydrogen-bond acceptors (Lipinski definition) is 6. The molecule has 2 aromatic carbocycles. The normalized spacial score (nSPS) is 20.0. The van der Waals surface area contributed by atoms with Crippen LogP contribution in [0.5, 0.6) is 11.5 Å². The van der Waals surface area contributed by atoms with Crippen molar-refractivity contribution in [2.75, 3.05) is 49.7 Å². The maximum Gasteiger partial charge on any atom is 0.251 e. The summed E-state index contributed by atoms with van der Waals surface area (Å²) in [4.78, 5) is 31.4. The Kier molecular flexibility index (Phi) is 5.90. The molecule has 2 heterocycles. The predicted molar refractivity (Wildman–Crippen MR) is 115 cm³/mol. The quantitative estimate of drug-likeness (QED) is 0.684. The molecule has 2 fully saturated rings. The Labute approximate surface area is 176 Å². The molecule has 0 unspecified atom stereocenters. The first-order valence-electron chi connectivity index (χ1n) is 10.3. The van der Waals surface area contributed by atoms with Gasteiger partial charge in [0.1, 0.15) is 11.5 Å². The average molecular weight is 409 g/mol. The highest BCUT2D eigenvalue weighted by Crippen LogP contribution is 2.28. The first-order chi connectivity index (χ1) is 14.6. The van der Waals surface area contributed by atoms with Crippen molar-refractivity contribution in [1.82, 2.24) is 4.90 Å². The van der Waals surface area contributed by atoms with Gasteiger partial charge in [0.25, 0.3) is 5.91 Å². The van der Waals surface area contributed by atoms with Gasteiger partial charge in [-0.25, -0.2) is 4.90 Å². The lowest BCUT2D eigenvalue weighted by atomic mass is 10.1. The number of imide groups is 1. The number of ether oxygens (including phenoxy) is 2. The molecule has 2 aliphatic heterocycles. The Balaban J connectivity index is 1.39. The highest BCUT2D eigenvalue weighted by atomic mass is 16.5. The van der Waals surface area contributed by atoms with Crippen LogP contribution in [0.2, 0.25) is 0 Å². The molecule has 0 saturated carbocycles. The third-order valence-electron chi connectivity index (χ3n) is 5.72. The molecule has 7 nitrogen and oxygen atoms in total. The summed E-state index contributed by atoms with van der Waals surface area (Å²) in [5, 5.41) is 0. The van der Waals surface area contributed by atoms with Crippen molar-refractivity contribution in [3.63, 3.8) is 0 Å². The number of benzene rings is 2. The summed E-state index contributed by atoms with van der Waals surface area (Å²) in [6.45, 7) is 5.60. The number of hydrogen-bond donors (Lipinski definition) is 0. The lowest BCUT2D eigenvalue weighted by Gasteiger charge is -2.38. The first-order valence-corrected chi connectivity index (χ1v) is 10.3. The van der Waals surface area contributed by atoms with Gasteiger partial charge in [-0.2, -0.15) is 0 Å². The smallest absolute Gasteiger partial charge is 0.251 e. The molecule has 0 bridgehead atoms. The molecule has 2 saturated heterocycles. The second-order valence-corrected chi connectivity index (χ2v) is 7.44. The number of piperazine rings is 1. The maximum absolute atomic E-state index is 13.1. The minimum Gasteiger partial charge on any atom is -0.497 e. The van der Waals surface area contributed by atoms with E-state index in [1.54, 1.807) is 31.4 Å².